The van der Waals surface area contributed by atoms with Crippen LogP contribution in [0.1, 0.15) is 25.8 Å². The zero-order chi connectivity index (χ0) is 17.9. The summed E-state index contributed by atoms with van der Waals surface area (Å²) in [6.45, 7) is 8.81. The van der Waals surface area contributed by atoms with Gasteiger partial charge in [-0.3, -0.25) is 0 Å². The van der Waals surface area contributed by atoms with Crippen molar-refractivity contribution < 1.29 is 14.2 Å². The van der Waals surface area contributed by atoms with Gasteiger partial charge in [-0.2, -0.15) is 0 Å². The molecule has 0 saturated carbocycles. The summed E-state index contributed by atoms with van der Waals surface area (Å²) >= 11 is 0. The minimum atomic E-state index is 0.114. The summed E-state index contributed by atoms with van der Waals surface area (Å²) in [5.74, 6) is 1.79. The molecule has 0 aromatic heterocycles. The summed E-state index contributed by atoms with van der Waals surface area (Å²) in [7, 11) is 0. The Morgan fingerprint density at radius 2 is 1.84 bits per heavy atom. The van der Waals surface area contributed by atoms with Crippen LogP contribution in [0.5, 0.6) is 11.5 Å². The third-order valence-corrected chi connectivity index (χ3v) is 3.91. The highest BCUT2D eigenvalue weighted by atomic mass is 16.5. The second-order valence-corrected chi connectivity index (χ2v) is 5.87. The lowest BCUT2D eigenvalue weighted by Gasteiger charge is -2.20. The van der Waals surface area contributed by atoms with E-state index in [1.165, 1.54) is 0 Å². The number of hydrogen-bond donors (Lipinski definition) is 1. The van der Waals surface area contributed by atoms with Crippen molar-refractivity contribution in [2.75, 3.05) is 31.7 Å². The van der Waals surface area contributed by atoms with E-state index in [1.807, 2.05) is 49.4 Å². The van der Waals surface area contributed by atoms with Gasteiger partial charge in [0.15, 0.2) is 0 Å². The molecule has 0 radical (unpaired) electrons. The molecule has 1 N–H and O–H groups in total. The number of ether oxygens (including phenoxy) is 3. The maximum Gasteiger partial charge on any atom is 0.122 e. The van der Waals surface area contributed by atoms with E-state index in [9.17, 15) is 0 Å². The van der Waals surface area contributed by atoms with E-state index in [4.69, 9.17) is 14.2 Å². The van der Waals surface area contributed by atoms with Crippen molar-refractivity contribution in [3.8, 4) is 11.5 Å². The zero-order valence-electron chi connectivity index (χ0n) is 15.5. The van der Waals surface area contributed by atoms with Crippen LogP contribution < -0.4 is 14.8 Å². The number of benzene rings is 2. The van der Waals surface area contributed by atoms with Crippen molar-refractivity contribution in [3.63, 3.8) is 0 Å². The lowest BCUT2D eigenvalue weighted by atomic mass is 10.2. The first kappa shape index (κ1) is 19.1. The fraction of sp³-hybridized carbons (Fsp3) is 0.429. The van der Waals surface area contributed by atoms with Crippen LogP contribution in [0.3, 0.4) is 0 Å². The average Bonchev–Trinajstić information content (AvgIpc) is 2.64. The van der Waals surface area contributed by atoms with Gasteiger partial charge in [0.1, 0.15) is 24.2 Å². The van der Waals surface area contributed by atoms with E-state index in [0.29, 0.717) is 19.8 Å². The van der Waals surface area contributed by atoms with Crippen LogP contribution in [0, 0.1) is 6.92 Å². The van der Waals surface area contributed by atoms with E-state index in [-0.39, 0.29) is 6.10 Å². The van der Waals surface area contributed by atoms with Gasteiger partial charge in [0.25, 0.3) is 0 Å². The van der Waals surface area contributed by atoms with Crippen LogP contribution in [0.15, 0.2) is 48.5 Å². The Morgan fingerprint density at radius 1 is 1.00 bits per heavy atom. The molecule has 1 unspecified atom stereocenters. The van der Waals surface area contributed by atoms with Gasteiger partial charge in [-0.15, -0.1) is 0 Å². The highest BCUT2D eigenvalue weighted by molar-refractivity contribution is 5.48. The van der Waals surface area contributed by atoms with Crippen LogP contribution >= 0.6 is 0 Å². The number of hydrogen-bond acceptors (Lipinski definition) is 4. The van der Waals surface area contributed by atoms with Gasteiger partial charge in [-0.1, -0.05) is 31.2 Å². The molecule has 1 atom stereocenters. The van der Waals surface area contributed by atoms with E-state index in [1.54, 1.807) is 0 Å². The summed E-state index contributed by atoms with van der Waals surface area (Å²) in [5.41, 5.74) is 2.19. The second-order valence-electron chi connectivity index (χ2n) is 5.87. The minimum absolute atomic E-state index is 0.114. The van der Waals surface area contributed by atoms with E-state index >= 15 is 0 Å². The molecule has 0 aliphatic heterocycles. The highest BCUT2D eigenvalue weighted by Crippen LogP contribution is 2.20. The minimum Gasteiger partial charge on any atom is -0.491 e. The number of para-hydroxylation sites is 1. The molecule has 0 saturated heterocycles. The highest BCUT2D eigenvalue weighted by Gasteiger charge is 2.09. The van der Waals surface area contributed by atoms with Crippen molar-refractivity contribution in [2.45, 2.75) is 33.3 Å². The molecule has 2 rings (SSSR count). The first-order chi connectivity index (χ1) is 12.2. The van der Waals surface area contributed by atoms with Gasteiger partial charge >= 0.3 is 0 Å². The summed E-state index contributed by atoms with van der Waals surface area (Å²) in [6, 6.07) is 16.1. The topological polar surface area (TPSA) is 39.7 Å². The molecule has 0 aliphatic rings. The van der Waals surface area contributed by atoms with Crippen molar-refractivity contribution in [1.29, 1.82) is 0 Å². The Balaban J connectivity index is 1.85. The molecule has 0 aliphatic carbocycles. The predicted octanol–water partition coefficient (Wildman–Crippen LogP) is 4.68. The van der Waals surface area contributed by atoms with Gasteiger partial charge in [-0.25, -0.2) is 0 Å². The molecule has 0 amide bonds. The summed E-state index contributed by atoms with van der Waals surface area (Å²) in [5, 5.41) is 3.44. The molecule has 0 heterocycles. The maximum atomic E-state index is 6.13. The fourth-order valence-corrected chi connectivity index (χ4v) is 2.43. The third-order valence-electron chi connectivity index (χ3n) is 3.91. The molecular weight excluding hydrogens is 314 g/mol. The average molecular weight is 343 g/mol. The van der Waals surface area contributed by atoms with Crippen LogP contribution in [0.4, 0.5) is 5.69 Å². The molecule has 4 nitrogen and oxygen atoms in total. The largest absolute Gasteiger partial charge is 0.491 e. The molecule has 0 bridgehead atoms. The maximum absolute atomic E-state index is 6.13. The van der Waals surface area contributed by atoms with Crippen LogP contribution in [0.25, 0.3) is 0 Å². The summed E-state index contributed by atoms with van der Waals surface area (Å²) < 4.78 is 17.1. The normalized spacial score (nSPS) is 11.8. The molecule has 0 fully saturated rings. The van der Waals surface area contributed by atoms with Crippen LogP contribution in [0.2, 0.25) is 0 Å². The monoisotopic (exact) mass is 343 g/mol. The Labute approximate surface area is 151 Å². The molecule has 2 aromatic carbocycles. The Kier molecular flexibility index (Phi) is 8.13. The zero-order valence-corrected chi connectivity index (χ0v) is 15.5. The Hall–Kier alpha value is -2.20. The SMILES string of the molecule is CCOCCOc1cccc(NCC(CC)Oc2ccccc2C)c1. The van der Waals surface area contributed by atoms with Crippen LogP contribution in [-0.4, -0.2) is 32.5 Å². The van der Waals surface area contributed by atoms with Gasteiger partial charge in [0, 0.05) is 18.4 Å². The smallest absolute Gasteiger partial charge is 0.122 e. The number of rotatable bonds is 11. The molecule has 4 heteroatoms. The first-order valence-corrected chi connectivity index (χ1v) is 8.99. The fourth-order valence-electron chi connectivity index (χ4n) is 2.43. The Bertz CT molecular complexity index is 630. The van der Waals surface area contributed by atoms with Crippen molar-refractivity contribution in [2.24, 2.45) is 0 Å². The first-order valence-electron chi connectivity index (χ1n) is 8.99. The molecule has 0 spiro atoms. The van der Waals surface area contributed by atoms with E-state index in [2.05, 4.69) is 25.2 Å². The lowest BCUT2D eigenvalue weighted by Crippen LogP contribution is -2.25. The molecule has 25 heavy (non-hydrogen) atoms. The van der Waals surface area contributed by atoms with Crippen LogP contribution in [-0.2, 0) is 4.74 Å². The van der Waals surface area contributed by atoms with Crippen molar-refractivity contribution in [3.05, 3.63) is 54.1 Å². The predicted molar refractivity (Wildman–Crippen MR) is 103 cm³/mol. The third kappa shape index (κ3) is 6.67. The number of nitrogens with one attached hydrogen (secondary N) is 1. The lowest BCUT2D eigenvalue weighted by molar-refractivity contribution is 0.110. The Morgan fingerprint density at radius 3 is 2.60 bits per heavy atom. The number of anilines is 1. The van der Waals surface area contributed by atoms with Gasteiger partial charge in [0.05, 0.1) is 13.2 Å². The van der Waals surface area contributed by atoms with Gasteiger partial charge < -0.3 is 19.5 Å². The standard InChI is InChI=1S/C21H29NO3/c1-4-19(25-21-12-7-6-9-17(21)3)16-22-18-10-8-11-20(15-18)24-14-13-23-5-2/h6-12,15,19,22H,4-5,13-14,16H2,1-3H3. The van der Waals surface area contributed by atoms with Gasteiger partial charge in [-0.05, 0) is 44.0 Å². The molecule has 136 valence electrons. The van der Waals surface area contributed by atoms with E-state index < -0.39 is 0 Å². The second kappa shape index (κ2) is 10.6. The van der Waals surface area contributed by atoms with Gasteiger partial charge in [0.2, 0.25) is 0 Å². The van der Waals surface area contributed by atoms with E-state index in [0.717, 1.165) is 35.7 Å². The van der Waals surface area contributed by atoms with Crippen molar-refractivity contribution >= 4 is 5.69 Å². The quantitative estimate of drug-likeness (QED) is 0.601. The molecule has 2 aromatic rings. The number of aryl methyl sites for hydroxylation is 1. The summed E-state index contributed by atoms with van der Waals surface area (Å²) in [6.07, 6.45) is 1.05. The molecular formula is C21H29NO3. The van der Waals surface area contributed by atoms with Crippen molar-refractivity contribution in [1.82, 2.24) is 0 Å². The summed E-state index contributed by atoms with van der Waals surface area (Å²) in [4.78, 5) is 0.